The zero-order valence-corrected chi connectivity index (χ0v) is 19.0. The van der Waals surface area contributed by atoms with E-state index in [0.29, 0.717) is 11.3 Å². The molecule has 0 atom stereocenters. The molecule has 0 aliphatic carbocycles. The van der Waals surface area contributed by atoms with Crippen LogP contribution in [0, 0.1) is 0 Å². The summed E-state index contributed by atoms with van der Waals surface area (Å²) in [6, 6.07) is 15.6. The van der Waals surface area contributed by atoms with E-state index in [4.69, 9.17) is 9.97 Å². The number of fused-ring (bicyclic) bond motifs is 3. The molecule has 0 saturated carbocycles. The van der Waals surface area contributed by atoms with Gasteiger partial charge in [0.1, 0.15) is 0 Å². The molecule has 0 radical (unpaired) electrons. The second-order valence-electron chi connectivity index (χ2n) is 9.77. The van der Waals surface area contributed by atoms with Crippen molar-refractivity contribution in [2.24, 2.45) is 0 Å². The van der Waals surface area contributed by atoms with E-state index in [-0.39, 0.29) is 35.4 Å². The molecule has 3 nitrogen and oxygen atoms in total. The minimum absolute atomic E-state index is 0. The second-order valence-corrected chi connectivity index (χ2v) is 9.77. The zero-order chi connectivity index (χ0) is 21.0. The average Bonchev–Trinajstić information content (AvgIpc) is 2.65. The molecule has 0 aliphatic rings. The van der Waals surface area contributed by atoms with E-state index in [9.17, 15) is 5.11 Å². The van der Waals surface area contributed by atoms with Crippen LogP contribution in [0.4, 0.5) is 0 Å². The van der Waals surface area contributed by atoms with Crippen molar-refractivity contribution in [3.8, 4) is 17.0 Å². The Bertz CT molecular complexity index is 1230. The molecular weight excluding hydrogens is 363 g/mol. The van der Waals surface area contributed by atoms with E-state index in [1.54, 1.807) is 12.1 Å². The number of hydrogen-bond donors (Lipinski definition) is 0. The van der Waals surface area contributed by atoms with Gasteiger partial charge in [0, 0.05) is 17.0 Å². The number of nitrogens with zero attached hydrogens (tertiary/aromatic N) is 2. The summed E-state index contributed by atoms with van der Waals surface area (Å²) in [6.07, 6.45) is 1.87. The quantitative estimate of drug-likeness (QED) is 0.371. The van der Waals surface area contributed by atoms with E-state index < -0.39 is 0 Å². The standard InChI is InChI=1S/C26H28N2O.Li/c1-25(2,3)19-13-14-27-23-16(19)11-12-17-20(26(4,5)6)15-21(28-24(17)23)18-9-7-8-10-22(18)29;/h7-15,29H,1-6H3;/q;+1/p-1. The van der Waals surface area contributed by atoms with Crippen molar-refractivity contribution >= 4 is 21.8 Å². The molecule has 2 aromatic heterocycles. The van der Waals surface area contributed by atoms with Gasteiger partial charge in [0.2, 0.25) is 0 Å². The second kappa shape index (κ2) is 7.73. The summed E-state index contributed by atoms with van der Waals surface area (Å²) in [5.74, 6) is -0.0113. The number of para-hydroxylation sites is 1. The summed E-state index contributed by atoms with van der Waals surface area (Å²) < 4.78 is 0. The van der Waals surface area contributed by atoms with E-state index in [0.717, 1.165) is 21.8 Å². The van der Waals surface area contributed by atoms with Gasteiger partial charge in [0.15, 0.2) is 0 Å². The number of pyridine rings is 2. The topological polar surface area (TPSA) is 48.8 Å². The third-order valence-electron chi connectivity index (χ3n) is 5.47. The van der Waals surface area contributed by atoms with Crippen LogP contribution in [0.2, 0.25) is 0 Å². The van der Waals surface area contributed by atoms with Crippen molar-refractivity contribution in [1.29, 1.82) is 0 Å². The number of aromatic nitrogens is 2. The first-order chi connectivity index (χ1) is 13.6. The van der Waals surface area contributed by atoms with Crippen LogP contribution in [0.1, 0.15) is 52.7 Å². The predicted octanol–water partition coefficient (Wildman–Crippen LogP) is 3.12. The van der Waals surface area contributed by atoms with Crippen LogP contribution < -0.4 is 24.0 Å². The van der Waals surface area contributed by atoms with Gasteiger partial charge in [0.05, 0.1) is 16.7 Å². The van der Waals surface area contributed by atoms with Gasteiger partial charge in [-0.25, -0.2) is 4.98 Å². The van der Waals surface area contributed by atoms with Crippen molar-refractivity contribution < 1.29 is 24.0 Å². The Morgan fingerprint density at radius 2 is 1.33 bits per heavy atom. The fourth-order valence-electron chi connectivity index (χ4n) is 3.99. The molecule has 0 N–H and O–H groups in total. The Morgan fingerprint density at radius 3 is 1.93 bits per heavy atom. The Labute approximate surface area is 190 Å². The van der Waals surface area contributed by atoms with E-state index in [1.807, 2.05) is 18.3 Å². The molecule has 148 valence electrons. The fourth-order valence-corrected chi connectivity index (χ4v) is 3.99. The van der Waals surface area contributed by atoms with Crippen molar-refractivity contribution in [2.45, 2.75) is 52.4 Å². The van der Waals surface area contributed by atoms with Gasteiger partial charge in [-0.05, 0) is 39.7 Å². The van der Waals surface area contributed by atoms with E-state index in [2.05, 4.69) is 65.8 Å². The van der Waals surface area contributed by atoms with Crippen LogP contribution in [-0.2, 0) is 10.8 Å². The maximum absolute atomic E-state index is 12.5. The van der Waals surface area contributed by atoms with Crippen LogP contribution in [0.3, 0.4) is 0 Å². The number of benzene rings is 2. The SMILES string of the molecule is CC(C)(C)c1ccnc2c1ccc1c(C(C)(C)C)cc(-c3ccccc3[O-])nc12.[Li+]. The van der Waals surface area contributed by atoms with Gasteiger partial charge in [-0.3, -0.25) is 4.98 Å². The fraction of sp³-hybridized carbons (Fsp3) is 0.308. The van der Waals surface area contributed by atoms with E-state index >= 15 is 0 Å². The molecule has 4 heteroatoms. The Morgan fingerprint density at radius 1 is 0.733 bits per heavy atom. The van der Waals surface area contributed by atoms with Crippen LogP contribution in [0.25, 0.3) is 33.1 Å². The Balaban J connectivity index is 0.00000256. The Kier molecular flexibility index (Phi) is 5.75. The molecule has 30 heavy (non-hydrogen) atoms. The molecular formula is C26H27LiN2O. The third kappa shape index (κ3) is 3.85. The van der Waals surface area contributed by atoms with Crippen molar-refractivity contribution in [1.82, 2.24) is 9.97 Å². The van der Waals surface area contributed by atoms with Crippen LogP contribution in [0.15, 0.2) is 54.7 Å². The summed E-state index contributed by atoms with van der Waals surface area (Å²) >= 11 is 0. The summed E-state index contributed by atoms with van der Waals surface area (Å²) in [5, 5.41) is 14.7. The van der Waals surface area contributed by atoms with E-state index in [1.165, 1.54) is 11.1 Å². The van der Waals surface area contributed by atoms with Gasteiger partial charge < -0.3 is 5.11 Å². The van der Waals surface area contributed by atoms with Gasteiger partial charge in [-0.1, -0.05) is 83.7 Å². The zero-order valence-electron chi connectivity index (χ0n) is 19.0. The first-order valence-corrected chi connectivity index (χ1v) is 10.1. The normalized spacial score (nSPS) is 12.2. The molecule has 4 aromatic rings. The molecule has 0 aliphatic heterocycles. The third-order valence-corrected chi connectivity index (χ3v) is 5.47. The molecule has 4 rings (SSSR count). The van der Waals surface area contributed by atoms with Crippen LogP contribution in [-0.4, -0.2) is 9.97 Å². The molecule has 0 unspecified atom stereocenters. The average molecular weight is 390 g/mol. The van der Waals surface area contributed by atoms with Gasteiger partial charge >= 0.3 is 18.9 Å². The monoisotopic (exact) mass is 390 g/mol. The maximum atomic E-state index is 12.5. The minimum Gasteiger partial charge on any atom is -0.872 e. The summed E-state index contributed by atoms with van der Waals surface area (Å²) in [6.45, 7) is 13.2. The molecule has 2 heterocycles. The van der Waals surface area contributed by atoms with Crippen molar-refractivity contribution in [2.75, 3.05) is 0 Å². The van der Waals surface area contributed by atoms with Gasteiger partial charge in [0.25, 0.3) is 0 Å². The van der Waals surface area contributed by atoms with Crippen molar-refractivity contribution in [3.63, 3.8) is 0 Å². The molecule has 0 fully saturated rings. The van der Waals surface area contributed by atoms with Crippen molar-refractivity contribution in [3.05, 3.63) is 65.9 Å². The van der Waals surface area contributed by atoms with Gasteiger partial charge in [-0.2, -0.15) is 0 Å². The summed E-state index contributed by atoms with van der Waals surface area (Å²) in [7, 11) is 0. The molecule has 2 aromatic carbocycles. The summed E-state index contributed by atoms with van der Waals surface area (Å²) in [4.78, 5) is 9.69. The summed E-state index contributed by atoms with van der Waals surface area (Å²) in [5.41, 5.74) is 5.42. The van der Waals surface area contributed by atoms with Crippen LogP contribution >= 0.6 is 0 Å². The number of hydrogen-bond acceptors (Lipinski definition) is 3. The largest absolute Gasteiger partial charge is 1.00 e. The van der Waals surface area contributed by atoms with Gasteiger partial charge in [-0.15, -0.1) is 0 Å². The molecule has 0 saturated heterocycles. The maximum Gasteiger partial charge on any atom is 1.00 e. The Hall–Kier alpha value is -2.34. The first kappa shape index (κ1) is 22.3. The molecule has 0 bridgehead atoms. The number of rotatable bonds is 1. The minimum atomic E-state index is -0.0942. The molecule has 0 spiro atoms. The molecule has 0 amide bonds. The predicted molar refractivity (Wildman–Crippen MR) is 119 cm³/mol. The smallest absolute Gasteiger partial charge is 0.872 e. The first-order valence-electron chi connectivity index (χ1n) is 10.1. The van der Waals surface area contributed by atoms with Crippen LogP contribution in [0.5, 0.6) is 5.75 Å².